The van der Waals surface area contributed by atoms with Crippen molar-refractivity contribution in [3.8, 4) is 10.6 Å². The molecule has 1 N–H and O–H groups in total. The van der Waals surface area contributed by atoms with Gasteiger partial charge in [-0.2, -0.15) is 0 Å². The molecule has 27 heavy (non-hydrogen) atoms. The number of para-hydroxylation sites is 1. The van der Waals surface area contributed by atoms with Crippen LogP contribution in [0.4, 0.5) is 0 Å². The van der Waals surface area contributed by atoms with E-state index in [0.717, 1.165) is 17.1 Å². The smallest absolute Gasteiger partial charge is 0.221 e. The number of thiophene rings is 1. The molecule has 6 heteroatoms. The van der Waals surface area contributed by atoms with E-state index in [9.17, 15) is 4.79 Å². The third-order valence-electron chi connectivity index (χ3n) is 4.49. The molecule has 4 nitrogen and oxygen atoms in total. The SMILES string of the molecule is Cc1nc(-c2ccc(CCNC(=O)CCn3ccc4ccccc43)s2)cs1. The minimum Gasteiger partial charge on any atom is -0.356 e. The van der Waals surface area contributed by atoms with Crippen molar-refractivity contribution in [3.05, 3.63) is 63.9 Å². The third-order valence-corrected chi connectivity index (χ3v) is 6.43. The molecule has 0 fully saturated rings. The van der Waals surface area contributed by atoms with Gasteiger partial charge in [-0.1, -0.05) is 18.2 Å². The number of fused-ring (bicyclic) bond motifs is 1. The molecule has 0 aliphatic heterocycles. The maximum atomic E-state index is 12.2. The highest BCUT2D eigenvalue weighted by molar-refractivity contribution is 7.16. The Morgan fingerprint density at radius 3 is 2.93 bits per heavy atom. The van der Waals surface area contributed by atoms with Crippen LogP contribution in [-0.4, -0.2) is 22.0 Å². The van der Waals surface area contributed by atoms with Crippen molar-refractivity contribution in [2.45, 2.75) is 26.3 Å². The highest BCUT2D eigenvalue weighted by Gasteiger charge is 2.08. The fourth-order valence-corrected chi connectivity index (χ4v) is 4.75. The first kappa shape index (κ1) is 17.9. The first-order chi connectivity index (χ1) is 13.2. The van der Waals surface area contributed by atoms with E-state index in [0.29, 0.717) is 19.5 Å². The maximum Gasteiger partial charge on any atom is 0.221 e. The van der Waals surface area contributed by atoms with Crippen LogP contribution in [0.2, 0.25) is 0 Å². The number of nitrogens with zero attached hydrogens (tertiary/aromatic N) is 2. The molecule has 0 bridgehead atoms. The van der Waals surface area contributed by atoms with Crippen molar-refractivity contribution in [3.63, 3.8) is 0 Å². The molecule has 0 saturated carbocycles. The zero-order valence-corrected chi connectivity index (χ0v) is 16.8. The maximum absolute atomic E-state index is 12.2. The zero-order valence-electron chi connectivity index (χ0n) is 15.1. The predicted octanol–water partition coefficient (Wildman–Crippen LogP) is 4.88. The molecule has 4 rings (SSSR count). The van der Waals surface area contributed by atoms with Crippen LogP contribution in [0.1, 0.15) is 16.3 Å². The quantitative estimate of drug-likeness (QED) is 0.485. The Morgan fingerprint density at radius 2 is 2.07 bits per heavy atom. The van der Waals surface area contributed by atoms with E-state index >= 15 is 0 Å². The van der Waals surface area contributed by atoms with Crippen molar-refractivity contribution < 1.29 is 4.79 Å². The lowest BCUT2D eigenvalue weighted by atomic mass is 10.2. The van der Waals surface area contributed by atoms with Crippen molar-refractivity contribution in [1.82, 2.24) is 14.9 Å². The first-order valence-corrected chi connectivity index (χ1v) is 10.7. The lowest BCUT2D eigenvalue weighted by molar-refractivity contribution is -0.121. The number of aromatic nitrogens is 2. The summed E-state index contributed by atoms with van der Waals surface area (Å²) in [6.45, 7) is 3.39. The summed E-state index contributed by atoms with van der Waals surface area (Å²) in [4.78, 5) is 19.2. The van der Waals surface area contributed by atoms with Gasteiger partial charge in [0.2, 0.25) is 5.91 Å². The average molecular weight is 396 g/mol. The molecule has 0 radical (unpaired) electrons. The fraction of sp³-hybridized carbons (Fsp3) is 0.238. The number of nitrogens with one attached hydrogen (secondary N) is 1. The minimum atomic E-state index is 0.0969. The van der Waals surface area contributed by atoms with Crippen molar-refractivity contribution in [1.29, 1.82) is 0 Å². The normalized spacial score (nSPS) is 11.1. The molecule has 0 saturated heterocycles. The molecular weight excluding hydrogens is 374 g/mol. The zero-order chi connectivity index (χ0) is 18.6. The van der Waals surface area contributed by atoms with Gasteiger partial charge in [0.15, 0.2) is 0 Å². The van der Waals surface area contributed by atoms with Crippen LogP contribution in [-0.2, 0) is 17.8 Å². The molecule has 0 spiro atoms. The summed E-state index contributed by atoms with van der Waals surface area (Å²) < 4.78 is 2.14. The molecule has 1 amide bonds. The van der Waals surface area contributed by atoms with Crippen LogP contribution in [0.5, 0.6) is 0 Å². The number of carbonyl (C=O) groups is 1. The van der Waals surface area contributed by atoms with E-state index in [1.165, 1.54) is 20.7 Å². The van der Waals surface area contributed by atoms with Crippen molar-refractivity contribution in [2.24, 2.45) is 0 Å². The molecule has 1 aromatic carbocycles. The Kier molecular flexibility index (Phi) is 5.36. The van der Waals surface area contributed by atoms with Crippen LogP contribution < -0.4 is 5.32 Å². The van der Waals surface area contributed by atoms with E-state index < -0.39 is 0 Å². The lowest BCUT2D eigenvalue weighted by Gasteiger charge is -2.07. The fourth-order valence-electron chi connectivity index (χ4n) is 3.10. The summed E-state index contributed by atoms with van der Waals surface area (Å²) in [5, 5.41) is 7.43. The van der Waals surface area contributed by atoms with E-state index in [1.807, 2.05) is 25.3 Å². The second-order valence-corrected chi connectivity index (χ2v) is 8.67. The Morgan fingerprint density at radius 1 is 1.19 bits per heavy atom. The average Bonchev–Trinajstić information content (AvgIpc) is 3.39. The second-order valence-electron chi connectivity index (χ2n) is 6.44. The molecule has 138 valence electrons. The Balaban J connectivity index is 1.24. The summed E-state index contributed by atoms with van der Waals surface area (Å²) in [5.41, 5.74) is 2.23. The Bertz CT molecular complexity index is 1060. The van der Waals surface area contributed by atoms with Crippen LogP contribution >= 0.6 is 22.7 Å². The van der Waals surface area contributed by atoms with Gasteiger partial charge in [0.05, 0.1) is 15.6 Å². The summed E-state index contributed by atoms with van der Waals surface area (Å²) in [6, 6.07) is 14.6. The number of hydrogen-bond acceptors (Lipinski definition) is 4. The number of carbonyl (C=O) groups excluding carboxylic acids is 1. The van der Waals surface area contributed by atoms with Gasteiger partial charge in [0.1, 0.15) is 0 Å². The Hall–Kier alpha value is -2.44. The summed E-state index contributed by atoms with van der Waals surface area (Å²) in [6.07, 6.45) is 3.39. The first-order valence-electron chi connectivity index (χ1n) is 9.01. The number of aryl methyl sites for hydroxylation is 2. The van der Waals surface area contributed by atoms with Crippen LogP contribution in [0.25, 0.3) is 21.5 Å². The molecular formula is C21H21N3OS2. The van der Waals surface area contributed by atoms with E-state index in [1.54, 1.807) is 22.7 Å². The highest BCUT2D eigenvalue weighted by atomic mass is 32.1. The predicted molar refractivity (Wildman–Crippen MR) is 113 cm³/mol. The van der Waals surface area contributed by atoms with Gasteiger partial charge < -0.3 is 9.88 Å². The monoisotopic (exact) mass is 395 g/mol. The van der Waals surface area contributed by atoms with E-state index in [-0.39, 0.29) is 5.91 Å². The van der Waals surface area contributed by atoms with Gasteiger partial charge in [0.25, 0.3) is 0 Å². The van der Waals surface area contributed by atoms with Crippen LogP contribution in [0.3, 0.4) is 0 Å². The van der Waals surface area contributed by atoms with Gasteiger partial charge in [0, 0.05) is 41.5 Å². The Labute approximate surface area is 166 Å². The van der Waals surface area contributed by atoms with E-state index in [2.05, 4.69) is 50.6 Å². The van der Waals surface area contributed by atoms with Gasteiger partial charge in [-0.05, 0) is 43.0 Å². The second kappa shape index (κ2) is 8.06. The largest absolute Gasteiger partial charge is 0.356 e. The van der Waals surface area contributed by atoms with Gasteiger partial charge in [-0.3, -0.25) is 4.79 Å². The van der Waals surface area contributed by atoms with E-state index in [4.69, 9.17) is 0 Å². The van der Waals surface area contributed by atoms with Crippen LogP contribution in [0, 0.1) is 6.92 Å². The summed E-state index contributed by atoms with van der Waals surface area (Å²) in [7, 11) is 0. The number of thiazole rings is 1. The van der Waals surface area contributed by atoms with Gasteiger partial charge in [-0.15, -0.1) is 22.7 Å². The third kappa shape index (κ3) is 4.28. The number of amides is 1. The molecule has 4 aromatic rings. The molecule has 0 aliphatic carbocycles. The highest BCUT2D eigenvalue weighted by Crippen LogP contribution is 2.29. The molecule has 0 aliphatic rings. The van der Waals surface area contributed by atoms with Crippen molar-refractivity contribution in [2.75, 3.05) is 6.54 Å². The number of benzene rings is 1. The topological polar surface area (TPSA) is 46.9 Å². The number of rotatable bonds is 7. The molecule has 0 atom stereocenters. The lowest BCUT2D eigenvalue weighted by Crippen LogP contribution is -2.26. The minimum absolute atomic E-state index is 0.0969. The standard InChI is InChI=1S/C21H21N3OS2/c1-15-23-18(14-26-15)20-7-6-17(27-20)8-11-22-21(25)10-13-24-12-9-16-4-2-3-5-19(16)24/h2-7,9,12,14H,8,10-11,13H2,1H3,(H,22,25). The summed E-state index contributed by atoms with van der Waals surface area (Å²) >= 11 is 3.42. The molecule has 3 aromatic heterocycles. The summed E-state index contributed by atoms with van der Waals surface area (Å²) in [5.74, 6) is 0.0969. The van der Waals surface area contributed by atoms with Crippen molar-refractivity contribution >= 4 is 39.5 Å². The molecule has 0 unspecified atom stereocenters. The van der Waals surface area contributed by atoms with Crippen LogP contribution in [0.15, 0.2) is 54.0 Å². The number of hydrogen-bond donors (Lipinski definition) is 1. The van der Waals surface area contributed by atoms with Gasteiger partial charge in [-0.25, -0.2) is 4.98 Å². The van der Waals surface area contributed by atoms with Gasteiger partial charge >= 0.3 is 0 Å². The molecule has 3 heterocycles.